The van der Waals surface area contributed by atoms with E-state index in [1.807, 2.05) is 35.2 Å². The third-order valence-corrected chi connectivity index (χ3v) is 6.12. The van der Waals surface area contributed by atoms with Gasteiger partial charge in [-0.3, -0.25) is 14.7 Å². The Morgan fingerprint density at radius 1 is 1.19 bits per heavy atom. The monoisotopic (exact) mass is 366 g/mol. The van der Waals surface area contributed by atoms with Crippen LogP contribution in [0.3, 0.4) is 0 Å². The van der Waals surface area contributed by atoms with Gasteiger partial charge >= 0.3 is 0 Å². The summed E-state index contributed by atoms with van der Waals surface area (Å²) in [6, 6.07) is 10.1. The summed E-state index contributed by atoms with van der Waals surface area (Å²) in [7, 11) is 0. The Morgan fingerprint density at radius 2 is 1.96 bits per heavy atom. The smallest absolute Gasteiger partial charge is 0.236 e. The first-order chi connectivity index (χ1) is 13.1. The van der Waals surface area contributed by atoms with E-state index in [-0.39, 0.29) is 5.91 Å². The Morgan fingerprint density at radius 3 is 2.74 bits per heavy atom. The van der Waals surface area contributed by atoms with Gasteiger partial charge in [0.25, 0.3) is 0 Å². The summed E-state index contributed by atoms with van der Waals surface area (Å²) in [5.74, 6) is 1.33. The van der Waals surface area contributed by atoms with E-state index < -0.39 is 0 Å². The molecule has 5 heteroatoms. The fraction of sp³-hybridized carbons (Fsp3) is 0.545. The standard InChI is InChI=1S/C22H30N4O/c1-16-5-4-10-25(14-16)15-21(27)26-11-8-17(9-12-26)22-19(23)13-18-6-2-3-7-20(18)24-22/h2-3,6-7,13,16-17H,4-5,8-12,14-15,23H2,1H3/t16-/m1/s1. The zero-order chi connectivity index (χ0) is 18.8. The molecule has 1 atom stereocenters. The predicted molar refractivity (Wildman–Crippen MR) is 110 cm³/mol. The van der Waals surface area contributed by atoms with E-state index in [1.165, 1.54) is 12.8 Å². The summed E-state index contributed by atoms with van der Waals surface area (Å²) in [5.41, 5.74) is 9.08. The molecule has 0 bridgehead atoms. The van der Waals surface area contributed by atoms with Crippen molar-refractivity contribution < 1.29 is 4.79 Å². The van der Waals surface area contributed by atoms with Crippen molar-refractivity contribution in [1.29, 1.82) is 0 Å². The van der Waals surface area contributed by atoms with Gasteiger partial charge in [-0.2, -0.15) is 0 Å². The number of aromatic nitrogens is 1. The number of nitrogens with two attached hydrogens (primary N) is 1. The summed E-state index contributed by atoms with van der Waals surface area (Å²) in [4.78, 5) is 21.9. The second-order valence-corrected chi connectivity index (χ2v) is 8.29. The number of nitrogens with zero attached hydrogens (tertiary/aromatic N) is 3. The van der Waals surface area contributed by atoms with Crippen LogP contribution >= 0.6 is 0 Å². The van der Waals surface area contributed by atoms with Crippen molar-refractivity contribution in [3.05, 3.63) is 36.0 Å². The Hall–Kier alpha value is -2.14. The SMILES string of the molecule is C[C@@H]1CCCN(CC(=O)N2CCC(c3nc4ccccc4cc3N)CC2)C1. The zero-order valence-corrected chi connectivity index (χ0v) is 16.2. The number of pyridine rings is 1. The largest absolute Gasteiger partial charge is 0.397 e. The molecule has 0 spiro atoms. The van der Waals surface area contributed by atoms with Gasteiger partial charge < -0.3 is 10.6 Å². The molecule has 2 fully saturated rings. The van der Waals surface area contributed by atoms with Crippen molar-refractivity contribution in [3.8, 4) is 0 Å². The number of nitrogen functional groups attached to an aromatic ring is 1. The van der Waals surface area contributed by atoms with Crippen molar-refractivity contribution in [1.82, 2.24) is 14.8 Å². The second kappa shape index (κ2) is 7.85. The second-order valence-electron chi connectivity index (χ2n) is 8.29. The molecule has 1 aromatic carbocycles. The molecule has 2 aliphatic rings. The van der Waals surface area contributed by atoms with Crippen LogP contribution in [0.2, 0.25) is 0 Å². The maximum absolute atomic E-state index is 12.7. The molecule has 0 aliphatic carbocycles. The minimum Gasteiger partial charge on any atom is -0.397 e. The molecule has 2 aromatic rings. The topological polar surface area (TPSA) is 62.5 Å². The Labute approximate surface area is 161 Å². The summed E-state index contributed by atoms with van der Waals surface area (Å²) in [6.45, 7) is 6.58. The van der Waals surface area contributed by atoms with Gasteiger partial charge in [0, 0.05) is 30.9 Å². The van der Waals surface area contributed by atoms with Crippen LogP contribution in [0.5, 0.6) is 0 Å². The lowest BCUT2D eigenvalue weighted by Gasteiger charge is -2.35. The maximum Gasteiger partial charge on any atom is 0.236 e. The van der Waals surface area contributed by atoms with Gasteiger partial charge in [0.15, 0.2) is 0 Å². The molecular formula is C22H30N4O. The lowest BCUT2D eigenvalue weighted by Crippen LogP contribution is -2.46. The third-order valence-electron chi connectivity index (χ3n) is 6.12. The number of para-hydroxylation sites is 1. The fourth-order valence-corrected chi connectivity index (χ4v) is 4.60. The number of anilines is 1. The third kappa shape index (κ3) is 4.08. The van der Waals surface area contributed by atoms with Gasteiger partial charge in [-0.15, -0.1) is 0 Å². The van der Waals surface area contributed by atoms with E-state index in [1.54, 1.807) is 0 Å². The summed E-state index contributed by atoms with van der Waals surface area (Å²) in [5, 5.41) is 1.09. The number of carbonyl (C=O) groups excluding carboxylic acids is 1. The molecule has 1 aromatic heterocycles. The van der Waals surface area contributed by atoms with Gasteiger partial charge in [0.1, 0.15) is 0 Å². The maximum atomic E-state index is 12.7. The molecule has 3 heterocycles. The quantitative estimate of drug-likeness (QED) is 0.906. The van der Waals surface area contributed by atoms with Crippen molar-refractivity contribution in [2.75, 3.05) is 38.5 Å². The number of rotatable bonds is 3. The highest BCUT2D eigenvalue weighted by Gasteiger charge is 2.27. The minimum atomic E-state index is 0.280. The molecule has 2 saturated heterocycles. The first kappa shape index (κ1) is 18.2. The van der Waals surface area contributed by atoms with Crippen LogP contribution in [-0.2, 0) is 4.79 Å². The van der Waals surface area contributed by atoms with Crippen LogP contribution in [0.25, 0.3) is 10.9 Å². The van der Waals surface area contributed by atoms with Crippen molar-refractivity contribution in [3.63, 3.8) is 0 Å². The molecule has 2 aliphatic heterocycles. The highest BCUT2D eigenvalue weighted by atomic mass is 16.2. The predicted octanol–water partition coefficient (Wildman–Crippen LogP) is 3.25. The first-order valence-electron chi connectivity index (χ1n) is 10.3. The fourth-order valence-electron chi connectivity index (χ4n) is 4.60. The molecule has 27 heavy (non-hydrogen) atoms. The number of piperidine rings is 2. The molecule has 0 unspecified atom stereocenters. The lowest BCUT2D eigenvalue weighted by molar-refractivity contribution is -0.133. The molecule has 2 N–H and O–H groups in total. The van der Waals surface area contributed by atoms with Crippen LogP contribution in [0.15, 0.2) is 30.3 Å². The van der Waals surface area contributed by atoms with E-state index in [4.69, 9.17) is 10.7 Å². The molecule has 0 saturated carbocycles. The lowest BCUT2D eigenvalue weighted by atomic mass is 9.91. The molecule has 0 radical (unpaired) electrons. The average molecular weight is 367 g/mol. The van der Waals surface area contributed by atoms with Gasteiger partial charge in [0.2, 0.25) is 5.91 Å². The molecule has 5 nitrogen and oxygen atoms in total. The number of hydrogen-bond donors (Lipinski definition) is 1. The van der Waals surface area contributed by atoms with Gasteiger partial charge in [-0.1, -0.05) is 25.1 Å². The van der Waals surface area contributed by atoms with E-state index in [9.17, 15) is 4.79 Å². The van der Waals surface area contributed by atoms with E-state index in [0.29, 0.717) is 18.4 Å². The van der Waals surface area contributed by atoms with Crippen molar-refractivity contribution in [2.45, 2.75) is 38.5 Å². The van der Waals surface area contributed by atoms with Crippen LogP contribution in [0, 0.1) is 5.92 Å². The zero-order valence-electron chi connectivity index (χ0n) is 16.2. The van der Waals surface area contributed by atoms with Crippen molar-refractivity contribution in [2.24, 2.45) is 5.92 Å². The Bertz CT molecular complexity index is 813. The first-order valence-corrected chi connectivity index (χ1v) is 10.3. The summed E-state index contributed by atoms with van der Waals surface area (Å²) < 4.78 is 0. The number of fused-ring (bicyclic) bond motifs is 1. The molecule has 4 rings (SSSR count). The highest BCUT2D eigenvalue weighted by Crippen LogP contribution is 2.32. The van der Waals surface area contributed by atoms with Gasteiger partial charge in [0.05, 0.1) is 23.4 Å². The molecule has 144 valence electrons. The Kier molecular flexibility index (Phi) is 5.30. The van der Waals surface area contributed by atoms with Crippen molar-refractivity contribution >= 4 is 22.5 Å². The number of likely N-dealkylation sites (tertiary alicyclic amines) is 2. The van der Waals surface area contributed by atoms with E-state index >= 15 is 0 Å². The van der Waals surface area contributed by atoms with E-state index in [2.05, 4.69) is 11.8 Å². The van der Waals surface area contributed by atoms with E-state index in [0.717, 1.165) is 61.3 Å². The van der Waals surface area contributed by atoms with Gasteiger partial charge in [-0.25, -0.2) is 0 Å². The van der Waals surface area contributed by atoms with Crippen LogP contribution < -0.4 is 5.73 Å². The summed E-state index contributed by atoms with van der Waals surface area (Å²) >= 11 is 0. The van der Waals surface area contributed by atoms with Crippen LogP contribution in [0.1, 0.15) is 44.2 Å². The Balaban J connectivity index is 1.37. The van der Waals surface area contributed by atoms with Crippen LogP contribution in [-0.4, -0.2) is 53.4 Å². The molecule has 1 amide bonds. The molecular weight excluding hydrogens is 336 g/mol. The summed E-state index contributed by atoms with van der Waals surface area (Å²) in [6.07, 6.45) is 4.38. The number of carbonyl (C=O) groups is 1. The van der Waals surface area contributed by atoms with Crippen LogP contribution in [0.4, 0.5) is 5.69 Å². The highest BCUT2D eigenvalue weighted by molar-refractivity contribution is 5.82. The normalized spacial score (nSPS) is 22.3. The average Bonchev–Trinajstić information content (AvgIpc) is 2.67. The van der Waals surface area contributed by atoms with Gasteiger partial charge in [-0.05, 0) is 50.3 Å². The number of hydrogen-bond acceptors (Lipinski definition) is 4. The number of benzene rings is 1. The minimum absolute atomic E-state index is 0.280. The number of amides is 1.